The maximum Gasteiger partial charge on any atom is 0.255 e. The van der Waals surface area contributed by atoms with Gasteiger partial charge in [-0.2, -0.15) is 5.10 Å². The average Bonchev–Trinajstić information content (AvgIpc) is 3.18. The van der Waals surface area contributed by atoms with E-state index in [0.29, 0.717) is 11.3 Å². The molecular weight excluding hydrogens is 286 g/mol. The van der Waals surface area contributed by atoms with Crippen LogP contribution < -0.4 is 5.32 Å². The van der Waals surface area contributed by atoms with E-state index in [1.165, 1.54) is 0 Å². The quantitative estimate of drug-likeness (QED) is 0.726. The van der Waals surface area contributed by atoms with Gasteiger partial charge in [0.25, 0.3) is 5.91 Å². The molecule has 0 saturated heterocycles. The SMILES string of the molecule is CSc1nccn1-c1ccc(C(=O)Nc2cn[nH]c2)cc1. The topological polar surface area (TPSA) is 75.6 Å². The average molecular weight is 299 g/mol. The molecule has 2 N–H and O–H groups in total. The van der Waals surface area contributed by atoms with Gasteiger partial charge in [0.15, 0.2) is 5.16 Å². The van der Waals surface area contributed by atoms with Gasteiger partial charge in [-0.05, 0) is 30.5 Å². The van der Waals surface area contributed by atoms with Gasteiger partial charge in [0, 0.05) is 29.8 Å². The third kappa shape index (κ3) is 2.82. The number of benzene rings is 1. The summed E-state index contributed by atoms with van der Waals surface area (Å²) in [6.07, 6.45) is 8.81. The Kier molecular flexibility index (Phi) is 3.74. The molecule has 0 saturated carbocycles. The fraction of sp³-hybridized carbons (Fsp3) is 0.0714. The first-order valence-electron chi connectivity index (χ1n) is 6.26. The van der Waals surface area contributed by atoms with Crippen molar-refractivity contribution in [1.82, 2.24) is 19.7 Å². The lowest BCUT2D eigenvalue weighted by atomic mass is 10.2. The van der Waals surface area contributed by atoms with Crippen LogP contribution in [-0.4, -0.2) is 31.9 Å². The summed E-state index contributed by atoms with van der Waals surface area (Å²) in [6, 6.07) is 7.36. The van der Waals surface area contributed by atoms with Gasteiger partial charge in [-0.3, -0.25) is 14.5 Å². The van der Waals surface area contributed by atoms with Crippen molar-refractivity contribution < 1.29 is 4.79 Å². The second-order valence-electron chi connectivity index (χ2n) is 4.27. The van der Waals surface area contributed by atoms with Crippen LogP contribution in [0.15, 0.2) is 54.2 Å². The number of H-pyrrole nitrogens is 1. The first-order chi connectivity index (χ1) is 10.3. The zero-order valence-electron chi connectivity index (χ0n) is 11.3. The van der Waals surface area contributed by atoms with Crippen LogP contribution in [-0.2, 0) is 0 Å². The number of imidazole rings is 1. The number of carbonyl (C=O) groups is 1. The highest BCUT2D eigenvalue weighted by Gasteiger charge is 2.08. The van der Waals surface area contributed by atoms with Crippen molar-refractivity contribution in [2.75, 3.05) is 11.6 Å². The summed E-state index contributed by atoms with van der Waals surface area (Å²) in [5, 5.41) is 10.1. The standard InChI is InChI=1S/C14H13N5OS/c1-21-14-15-6-7-19(14)12-4-2-10(3-5-12)13(20)18-11-8-16-17-9-11/h2-9H,1H3,(H,16,17)(H,18,20). The van der Waals surface area contributed by atoms with E-state index in [1.807, 2.05) is 29.2 Å². The van der Waals surface area contributed by atoms with E-state index in [-0.39, 0.29) is 5.91 Å². The molecule has 3 aromatic rings. The lowest BCUT2D eigenvalue weighted by molar-refractivity contribution is 0.102. The molecule has 1 amide bonds. The van der Waals surface area contributed by atoms with Gasteiger partial charge in [-0.1, -0.05) is 11.8 Å². The van der Waals surface area contributed by atoms with Crippen LogP contribution in [0.4, 0.5) is 5.69 Å². The third-order valence-corrected chi connectivity index (χ3v) is 3.62. The first-order valence-corrected chi connectivity index (χ1v) is 7.48. The Morgan fingerprint density at radius 2 is 2.14 bits per heavy atom. The molecule has 0 aliphatic carbocycles. The molecule has 0 aliphatic heterocycles. The van der Waals surface area contributed by atoms with Crippen LogP contribution >= 0.6 is 11.8 Å². The first kappa shape index (κ1) is 13.4. The van der Waals surface area contributed by atoms with Gasteiger partial charge in [-0.25, -0.2) is 4.98 Å². The number of amides is 1. The van der Waals surface area contributed by atoms with Gasteiger partial charge >= 0.3 is 0 Å². The van der Waals surface area contributed by atoms with Crippen LogP contribution in [0.5, 0.6) is 0 Å². The number of aromatic amines is 1. The Balaban J connectivity index is 1.79. The summed E-state index contributed by atoms with van der Waals surface area (Å²) < 4.78 is 1.97. The van der Waals surface area contributed by atoms with E-state index in [4.69, 9.17) is 0 Å². The van der Waals surface area contributed by atoms with Crippen LogP contribution in [0.1, 0.15) is 10.4 Å². The van der Waals surface area contributed by atoms with Crippen molar-refractivity contribution in [2.45, 2.75) is 5.16 Å². The van der Waals surface area contributed by atoms with Gasteiger partial charge in [0.05, 0.1) is 11.9 Å². The van der Waals surface area contributed by atoms with Gasteiger partial charge in [0.2, 0.25) is 0 Å². The molecule has 0 bridgehead atoms. The van der Waals surface area contributed by atoms with Crippen molar-refractivity contribution in [3.05, 3.63) is 54.6 Å². The van der Waals surface area contributed by atoms with E-state index in [2.05, 4.69) is 20.5 Å². The minimum absolute atomic E-state index is 0.168. The summed E-state index contributed by atoms with van der Waals surface area (Å²) in [7, 11) is 0. The summed E-state index contributed by atoms with van der Waals surface area (Å²) >= 11 is 1.57. The zero-order valence-corrected chi connectivity index (χ0v) is 12.1. The molecule has 1 aromatic carbocycles. The molecule has 0 radical (unpaired) electrons. The number of rotatable bonds is 4. The maximum atomic E-state index is 12.1. The van der Waals surface area contributed by atoms with E-state index in [9.17, 15) is 4.79 Å². The van der Waals surface area contributed by atoms with Crippen LogP contribution in [0.25, 0.3) is 5.69 Å². The van der Waals surface area contributed by atoms with Gasteiger partial charge < -0.3 is 5.32 Å². The van der Waals surface area contributed by atoms with E-state index in [0.717, 1.165) is 10.8 Å². The summed E-state index contributed by atoms with van der Waals surface area (Å²) in [6.45, 7) is 0. The summed E-state index contributed by atoms with van der Waals surface area (Å²) in [4.78, 5) is 16.3. The number of anilines is 1. The Morgan fingerprint density at radius 1 is 1.33 bits per heavy atom. The highest BCUT2D eigenvalue weighted by molar-refractivity contribution is 7.98. The largest absolute Gasteiger partial charge is 0.319 e. The molecule has 7 heteroatoms. The van der Waals surface area contributed by atoms with Crippen molar-refractivity contribution >= 4 is 23.4 Å². The number of carbonyl (C=O) groups excluding carboxylic acids is 1. The number of thioether (sulfide) groups is 1. The van der Waals surface area contributed by atoms with E-state index >= 15 is 0 Å². The third-order valence-electron chi connectivity index (χ3n) is 2.95. The second kappa shape index (κ2) is 5.84. The van der Waals surface area contributed by atoms with Crippen molar-refractivity contribution in [3.8, 4) is 5.69 Å². The summed E-state index contributed by atoms with van der Waals surface area (Å²) in [5.41, 5.74) is 2.20. The van der Waals surface area contributed by atoms with E-state index < -0.39 is 0 Å². The second-order valence-corrected chi connectivity index (χ2v) is 5.05. The molecule has 2 heterocycles. The maximum absolute atomic E-state index is 12.1. The smallest absolute Gasteiger partial charge is 0.255 e. The number of hydrogen-bond acceptors (Lipinski definition) is 4. The van der Waals surface area contributed by atoms with Crippen molar-refractivity contribution in [2.24, 2.45) is 0 Å². The number of nitrogens with one attached hydrogen (secondary N) is 2. The molecule has 0 aliphatic rings. The van der Waals surface area contributed by atoms with Crippen LogP contribution in [0, 0.1) is 0 Å². The molecule has 0 fully saturated rings. The van der Waals surface area contributed by atoms with Crippen molar-refractivity contribution in [1.29, 1.82) is 0 Å². The zero-order chi connectivity index (χ0) is 14.7. The Bertz CT molecular complexity index is 733. The van der Waals surface area contributed by atoms with Crippen molar-refractivity contribution in [3.63, 3.8) is 0 Å². The lowest BCUT2D eigenvalue weighted by Crippen LogP contribution is -2.11. The fourth-order valence-corrected chi connectivity index (χ4v) is 2.46. The Labute approximate surface area is 125 Å². The molecule has 0 atom stereocenters. The molecular formula is C14H13N5OS. The molecule has 0 spiro atoms. The molecule has 106 valence electrons. The molecule has 0 unspecified atom stereocenters. The number of hydrogen-bond donors (Lipinski definition) is 2. The highest BCUT2D eigenvalue weighted by atomic mass is 32.2. The minimum atomic E-state index is -0.168. The normalized spacial score (nSPS) is 10.5. The Morgan fingerprint density at radius 3 is 2.81 bits per heavy atom. The predicted octanol–water partition coefficient (Wildman–Crippen LogP) is 2.57. The predicted molar refractivity (Wildman–Crippen MR) is 81.9 cm³/mol. The van der Waals surface area contributed by atoms with Crippen LogP contribution in [0.3, 0.4) is 0 Å². The molecule has 2 aromatic heterocycles. The monoisotopic (exact) mass is 299 g/mol. The molecule has 6 nitrogen and oxygen atoms in total. The van der Waals surface area contributed by atoms with Gasteiger partial charge in [0.1, 0.15) is 0 Å². The van der Waals surface area contributed by atoms with E-state index in [1.54, 1.807) is 42.5 Å². The van der Waals surface area contributed by atoms with Gasteiger partial charge in [-0.15, -0.1) is 0 Å². The fourth-order valence-electron chi connectivity index (χ4n) is 1.93. The minimum Gasteiger partial charge on any atom is -0.319 e. The number of aromatic nitrogens is 4. The summed E-state index contributed by atoms with van der Waals surface area (Å²) in [5.74, 6) is -0.168. The van der Waals surface area contributed by atoms with Crippen LogP contribution in [0.2, 0.25) is 0 Å². The lowest BCUT2D eigenvalue weighted by Gasteiger charge is -2.07. The number of nitrogens with zero attached hydrogens (tertiary/aromatic N) is 3. The molecule has 3 rings (SSSR count). The Hall–Kier alpha value is -2.54. The highest BCUT2D eigenvalue weighted by Crippen LogP contribution is 2.18. The molecule has 21 heavy (non-hydrogen) atoms.